The zero-order chi connectivity index (χ0) is 14.2. The number of rotatable bonds is 3. The standard InChI is InChI=1S/C15H18FNO2/c1-8(18)3-4-10-7-12(16)9(2)11-5-6-13(17)15(19)14(10)11/h7,13H,3-6,17H2,1-2H3. The van der Waals surface area contributed by atoms with Crippen molar-refractivity contribution in [3.63, 3.8) is 0 Å². The fourth-order valence-electron chi connectivity index (χ4n) is 2.60. The number of fused-ring (bicyclic) bond motifs is 1. The van der Waals surface area contributed by atoms with Crippen molar-refractivity contribution in [1.82, 2.24) is 0 Å². The highest BCUT2D eigenvalue weighted by Gasteiger charge is 2.29. The van der Waals surface area contributed by atoms with Crippen LogP contribution in [0.15, 0.2) is 6.07 Å². The molecule has 2 rings (SSSR count). The number of hydrogen-bond acceptors (Lipinski definition) is 3. The lowest BCUT2D eigenvalue weighted by Crippen LogP contribution is -2.36. The summed E-state index contributed by atoms with van der Waals surface area (Å²) in [5.41, 5.74) is 8.27. The van der Waals surface area contributed by atoms with Crippen LogP contribution in [0.5, 0.6) is 0 Å². The van der Waals surface area contributed by atoms with E-state index in [0.29, 0.717) is 42.4 Å². The van der Waals surface area contributed by atoms with Gasteiger partial charge in [0.15, 0.2) is 5.78 Å². The number of aryl methyl sites for hydroxylation is 1. The van der Waals surface area contributed by atoms with Crippen LogP contribution in [0.25, 0.3) is 0 Å². The molecular weight excluding hydrogens is 245 g/mol. The molecule has 102 valence electrons. The number of ketones is 2. The van der Waals surface area contributed by atoms with E-state index in [1.165, 1.54) is 13.0 Å². The van der Waals surface area contributed by atoms with Gasteiger partial charge in [0.1, 0.15) is 11.6 Å². The summed E-state index contributed by atoms with van der Waals surface area (Å²) in [6.45, 7) is 3.18. The molecule has 2 N–H and O–H groups in total. The maximum absolute atomic E-state index is 13.9. The molecule has 0 saturated carbocycles. The minimum atomic E-state index is -0.506. The van der Waals surface area contributed by atoms with E-state index in [-0.39, 0.29) is 17.4 Å². The largest absolute Gasteiger partial charge is 0.321 e. The van der Waals surface area contributed by atoms with E-state index in [9.17, 15) is 14.0 Å². The van der Waals surface area contributed by atoms with Crippen LogP contribution in [0.1, 0.15) is 46.8 Å². The normalized spacial score (nSPS) is 18.3. The third-order valence-corrected chi connectivity index (χ3v) is 3.77. The van der Waals surface area contributed by atoms with E-state index in [0.717, 1.165) is 5.56 Å². The molecule has 1 unspecified atom stereocenters. The Kier molecular flexibility index (Phi) is 3.80. The van der Waals surface area contributed by atoms with Gasteiger partial charge in [-0.2, -0.15) is 0 Å². The van der Waals surface area contributed by atoms with Crippen LogP contribution in [-0.4, -0.2) is 17.6 Å². The average molecular weight is 263 g/mol. The fraction of sp³-hybridized carbons (Fsp3) is 0.467. The number of halogens is 1. The Morgan fingerprint density at radius 3 is 2.84 bits per heavy atom. The van der Waals surface area contributed by atoms with Crippen LogP contribution in [-0.2, 0) is 17.6 Å². The summed E-state index contributed by atoms with van der Waals surface area (Å²) in [6.07, 6.45) is 1.89. The van der Waals surface area contributed by atoms with Crippen LogP contribution in [0, 0.1) is 12.7 Å². The van der Waals surface area contributed by atoms with E-state index in [4.69, 9.17) is 5.73 Å². The Morgan fingerprint density at radius 2 is 2.21 bits per heavy atom. The first-order valence-electron chi connectivity index (χ1n) is 6.52. The molecule has 0 aliphatic heterocycles. The summed E-state index contributed by atoms with van der Waals surface area (Å²) in [5.74, 6) is -0.397. The molecule has 0 saturated heterocycles. The lowest BCUT2D eigenvalue weighted by atomic mass is 9.81. The first-order valence-corrected chi connectivity index (χ1v) is 6.52. The molecule has 1 aromatic rings. The van der Waals surface area contributed by atoms with Crippen molar-refractivity contribution < 1.29 is 14.0 Å². The van der Waals surface area contributed by atoms with Crippen molar-refractivity contribution in [2.75, 3.05) is 0 Å². The van der Waals surface area contributed by atoms with Gasteiger partial charge in [0.05, 0.1) is 6.04 Å². The highest BCUT2D eigenvalue weighted by Crippen LogP contribution is 2.29. The van der Waals surface area contributed by atoms with E-state index in [1.807, 2.05) is 0 Å². The lowest BCUT2D eigenvalue weighted by Gasteiger charge is -2.25. The monoisotopic (exact) mass is 263 g/mol. The molecule has 1 aliphatic carbocycles. The van der Waals surface area contributed by atoms with Crippen LogP contribution in [0.2, 0.25) is 0 Å². The molecule has 0 spiro atoms. The van der Waals surface area contributed by atoms with E-state index < -0.39 is 6.04 Å². The van der Waals surface area contributed by atoms with Crippen molar-refractivity contribution in [3.05, 3.63) is 34.1 Å². The smallest absolute Gasteiger partial charge is 0.180 e. The number of benzene rings is 1. The maximum atomic E-state index is 13.9. The molecule has 3 nitrogen and oxygen atoms in total. The molecule has 1 aliphatic rings. The van der Waals surface area contributed by atoms with Crippen molar-refractivity contribution >= 4 is 11.6 Å². The predicted molar refractivity (Wildman–Crippen MR) is 70.8 cm³/mol. The van der Waals surface area contributed by atoms with Crippen LogP contribution in [0.4, 0.5) is 4.39 Å². The second-order valence-corrected chi connectivity index (χ2v) is 5.21. The molecular formula is C15H18FNO2. The van der Waals surface area contributed by atoms with Gasteiger partial charge < -0.3 is 10.5 Å². The van der Waals surface area contributed by atoms with Crippen LogP contribution >= 0.6 is 0 Å². The Hall–Kier alpha value is -1.55. The van der Waals surface area contributed by atoms with Crippen molar-refractivity contribution in [2.24, 2.45) is 5.73 Å². The Bertz CT molecular complexity index is 552. The molecule has 4 heteroatoms. The first kappa shape index (κ1) is 13.9. The van der Waals surface area contributed by atoms with Gasteiger partial charge in [0, 0.05) is 12.0 Å². The molecule has 0 bridgehead atoms. The van der Waals surface area contributed by atoms with Gasteiger partial charge in [-0.3, -0.25) is 4.79 Å². The van der Waals surface area contributed by atoms with E-state index in [2.05, 4.69) is 0 Å². The van der Waals surface area contributed by atoms with Gasteiger partial charge in [0.25, 0.3) is 0 Å². The lowest BCUT2D eigenvalue weighted by molar-refractivity contribution is -0.116. The molecule has 0 radical (unpaired) electrons. The zero-order valence-corrected chi connectivity index (χ0v) is 11.3. The Morgan fingerprint density at radius 1 is 1.53 bits per heavy atom. The maximum Gasteiger partial charge on any atom is 0.180 e. The highest BCUT2D eigenvalue weighted by molar-refractivity contribution is 6.04. The van der Waals surface area contributed by atoms with Crippen molar-refractivity contribution in [1.29, 1.82) is 0 Å². The van der Waals surface area contributed by atoms with Gasteiger partial charge in [-0.25, -0.2) is 4.39 Å². The molecule has 1 atom stereocenters. The Balaban J connectivity index is 2.51. The second kappa shape index (κ2) is 5.21. The van der Waals surface area contributed by atoms with Crippen LogP contribution in [0.3, 0.4) is 0 Å². The predicted octanol–water partition coefficient (Wildman–Crippen LogP) is 2.11. The molecule has 19 heavy (non-hydrogen) atoms. The topological polar surface area (TPSA) is 60.2 Å². The van der Waals surface area contributed by atoms with Crippen molar-refractivity contribution in [2.45, 2.75) is 45.6 Å². The van der Waals surface area contributed by atoms with Gasteiger partial charge in [-0.1, -0.05) is 0 Å². The molecule has 0 amide bonds. The second-order valence-electron chi connectivity index (χ2n) is 5.21. The summed E-state index contributed by atoms with van der Waals surface area (Å²) >= 11 is 0. The van der Waals surface area contributed by atoms with E-state index >= 15 is 0 Å². The number of hydrogen-bond donors (Lipinski definition) is 1. The molecule has 0 fully saturated rings. The summed E-state index contributed by atoms with van der Waals surface area (Å²) < 4.78 is 13.9. The number of carbonyl (C=O) groups excluding carboxylic acids is 2. The van der Waals surface area contributed by atoms with Crippen LogP contribution < -0.4 is 5.73 Å². The summed E-state index contributed by atoms with van der Waals surface area (Å²) in [7, 11) is 0. The SMILES string of the molecule is CC(=O)CCc1cc(F)c(C)c2c1C(=O)C(N)CC2. The number of Topliss-reactive ketones (excluding diaryl/α,β-unsaturated/α-hetero) is 2. The fourth-order valence-corrected chi connectivity index (χ4v) is 2.60. The van der Waals surface area contributed by atoms with Gasteiger partial charge >= 0.3 is 0 Å². The third-order valence-electron chi connectivity index (χ3n) is 3.77. The average Bonchev–Trinajstić information content (AvgIpc) is 2.35. The molecule has 0 heterocycles. The van der Waals surface area contributed by atoms with Crippen molar-refractivity contribution in [3.8, 4) is 0 Å². The molecule has 0 aromatic heterocycles. The van der Waals surface area contributed by atoms with Gasteiger partial charge in [-0.15, -0.1) is 0 Å². The molecule has 1 aromatic carbocycles. The summed E-state index contributed by atoms with van der Waals surface area (Å²) in [4.78, 5) is 23.3. The zero-order valence-electron chi connectivity index (χ0n) is 11.3. The first-order chi connectivity index (χ1) is 8.91. The van der Waals surface area contributed by atoms with Gasteiger partial charge in [-0.05, 0) is 55.9 Å². The number of nitrogens with two attached hydrogens (primary N) is 1. The Labute approximate surface area is 112 Å². The minimum absolute atomic E-state index is 0.0299. The quantitative estimate of drug-likeness (QED) is 0.908. The summed E-state index contributed by atoms with van der Waals surface area (Å²) in [5, 5.41) is 0. The van der Waals surface area contributed by atoms with Gasteiger partial charge in [0.2, 0.25) is 0 Å². The minimum Gasteiger partial charge on any atom is -0.321 e. The third kappa shape index (κ3) is 2.59. The number of carbonyl (C=O) groups is 2. The van der Waals surface area contributed by atoms with E-state index in [1.54, 1.807) is 6.92 Å². The summed E-state index contributed by atoms with van der Waals surface area (Å²) in [6, 6.07) is 0.876. The highest BCUT2D eigenvalue weighted by atomic mass is 19.1.